The molecule has 1 rings (SSSR count). The number of para-hydroxylation sites is 1. The van der Waals surface area contributed by atoms with Crippen LogP contribution in [0.3, 0.4) is 0 Å². The summed E-state index contributed by atoms with van der Waals surface area (Å²) >= 11 is 0. The van der Waals surface area contributed by atoms with E-state index in [2.05, 4.69) is 10.6 Å². The topological polar surface area (TPSA) is 64.9 Å². The van der Waals surface area contributed by atoms with Gasteiger partial charge in [0, 0.05) is 12.2 Å². The summed E-state index contributed by atoms with van der Waals surface area (Å²) in [7, 11) is 0. The van der Waals surface area contributed by atoms with Gasteiger partial charge in [-0.2, -0.15) is 5.26 Å². The monoisotopic (exact) mass is 217 g/mol. The maximum absolute atomic E-state index is 11.3. The van der Waals surface area contributed by atoms with Gasteiger partial charge < -0.3 is 10.6 Å². The third-order valence-corrected chi connectivity index (χ3v) is 2.14. The number of hydrogen-bond donors (Lipinski definition) is 2. The molecular weight excluding hydrogens is 202 g/mol. The zero-order valence-electron chi connectivity index (χ0n) is 9.29. The van der Waals surface area contributed by atoms with E-state index < -0.39 is 0 Å². The zero-order valence-corrected chi connectivity index (χ0v) is 9.29. The van der Waals surface area contributed by atoms with Crippen LogP contribution in [-0.4, -0.2) is 19.0 Å². The Labute approximate surface area is 95.3 Å². The number of anilines is 1. The number of hydrogen-bond acceptors (Lipinski definition) is 3. The SMILES string of the molecule is Cc1ccccc1NCC(=O)NCCC#N. The molecule has 0 heterocycles. The van der Waals surface area contributed by atoms with E-state index in [1.54, 1.807) is 0 Å². The Kier molecular flexibility index (Phi) is 4.87. The van der Waals surface area contributed by atoms with Crippen molar-refractivity contribution in [2.75, 3.05) is 18.4 Å². The highest BCUT2D eigenvalue weighted by Gasteiger charge is 2.01. The number of carbonyl (C=O) groups excluding carboxylic acids is 1. The van der Waals surface area contributed by atoms with Gasteiger partial charge in [-0.25, -0.2) is 0 Å². The summed E-state index contributed by atoms with van der Waals surface area (Å²) in [5.41, 5.74) is 2.06. The van der Waals surface area contributed by atoms with Gasteiger partial charge in [0.05, 0.1) is 19.0 Å². The van der Waals surface area contributed by atoms with E-state index in [-0.39, 0.29) is 12.5 Å². The van der Waals surface area contributed by atoms with Crippen LogP contribution in [0.15, 0.2) is 24.3 Å². The number of nitriles is 1. The van der Waals surface area contributed by atoms with E-state index in [9.17, 15) is 4.79 Å². The number of amides is 1. The molecule has 0 bridgehead atoms. The van der Waals surface area contributed by atoms with Crippen molar-refractivity contribution in [3.05, 3.63) is 29.8 Å². The fourth-order valence-corrected chi connectivity index (χ4v) is 1.27. The summed E-state index contributed by atoms with van der Waals surface area (Å²) in [5.74, 6) is -0.0986. The molecule has 2 N–H and O–H groups in total. The van der Waals surface area contributed by atoms with Crippen LogP contribution in [0.5, 0.6) is 0 Å². The molecule has 0 aliphatic rings. The van der Waals surface area contributed by atoms with Gasteiger partial charge >= 0.3 is 0 Å². The first kappa shape index (κ1) is 12.1. The zero-order chi connectivity index (χ0) is 11.8. The fourth-order valence-electron chi connectivity index (χ4n) is 1.27. The Bertz CT molecular complexity index is 395. The molecule has 0 unspecified atom stereocenters. The Morgan fingerprint density at radius 2 is 2.19 bits per heavy atom. The lowest BCUT2D eigenvalue weighted by Gasteiger charge is -2.08. The number of nitrogens with zero attached hydrogens (tertiary/aromatic N) is 1. The average molecular weight is 217 g/mol. The lowest BCUT2D eigenvalue weighted by atomic mass is 10.2. The maximum atomic E-state index is 11.3. The Morgan fingerprint density at radius 3 is 2.88 bits per heavy atom. The molecule has 84 valence electrons. The number of rotatable bonds is 5. The third kappa shape index (κ3) is 4.01. The molecule has 16 heavy (non-hydrogen) atoms. The standard InChI is InChI=1S/C12H15N3O/c1-10-5-2-3-6-11(10)15-9-12(16)14-8-4-7-13/h2-3,5-6,15H,4,8-9H2,1H3,(H,14,16). The molecule has 0 aromatic heterocycles. The highest BCUT2D eigenvalue weighted by Crippen LogP contribution is 2.12. The summed E-state index contributed by atoms with van der Waals surface area (Å²) in [5, 5.41) is 14.0. The highest BCUT2D eigenvalue weighted by atomic mass is 16.1. The van der Waals surface area contributed by atoms with Crippen molar-refractivity contribution in [3.8, 4) is 6.07 Å². The van der Waals surface area contributed by atoms with Crippen LogP contribution in [0.4, 0.5) is 5.69 Å². The molecule has 0 atom stereocenters. The molecule has 0 aliphatic carbocycles. The first-order valence-corrected chi connectivity index (χ1v) is 5.17. The molecule has 0 saturated carbocycles. The molecule has 0 saturated heterocycles. The van der Waals surface area contributed by atoms with Gasteiger partial charge in [-0.15, -0.1) is 0 Å². The maximum Gasteiger partial charge on any atom is 0.239 e. The minimum absolute atomic E-state index is 0.0986. The second kappa shape index (κ2) is 6.46. The molecule has 0 aliphatic heterocycles. The molecule has 4 heteroatoms. The van der Waals surface area contributed by atoms with Gasteiger partial charge in [0.15, 0.2) is 0 Å². The van der Waals surface area contributed by atoms with E-state index in [1.807, 2.05) is 37.3 Å². The minimum atomic E-state index is -0.0986. The predicted molar refractivity (Wildman–Crippen MR) is 62.9 cm³/mol. The smallest absolute Gasteiger partial charge is 0.239 e. The summed E-state index contributed by atoms with van der Waals surface area (Å²) in [6.45, 7) is 2.62. The fraction of sp³-hybridized carbons (Fsp3) is 0.333. The first-order valence-electron chi connectivity index (χ1n) is 5.17. The van der Waals surface area contributed by atoms with Crippen molar-refractivity contribution in [1.29, 1.82) is 5.26 Å². The van der Waals surface area contributed by atoms with Crippen LogP contribution in [0.2, 0.25) is 0 Å². The first-order chi connectivity index (χ1) is 7.74. The van der Waals surface area contributed by atoms with E-state index in [1.165, 1.54) is 0 Å². The average Bonchev–Trinajstić information content (AvgIpc) is 2.28. The van der Waals surface area contributed by atoms with Crippen molar-refractivity contribution < 1.29 is 4.79 Å². The van der Waals surface area contributed by atoms with E-state index in [0.717, 1.165) is 11.3 Å². The Balaban J connectivity index is 2.32. The Hall–Kier alpha value is -2.02. The second-order valence-corrected chi connectivity index (χ2v) is 3.43. The van der Waals surface area contributed by atoms with Crippen LogP contribution < -0.4 is 10.6 Å². The number of benzene rings is 1. The van der Waals surface area contributed by atoms with Crippen molar-refractivity contribution in [1.82, 2.24) is 5.32 Å². The van der Waals surface area contributed by atoms with Gasteiger partial charge in [0.2, 0.25) is 5.91 Å². The summed E-state index contributed by atoms with van der Waals surface area (Å²) in [6.07, 6.45) is 0.343. The normalized spacial score (nSPS) is 9.25. The largest absolute Gasteiger partial charge is 0.376 e. The molecule has 0 radical (unpaired) electrons. The predicted octanol–water partition coefficient (Wildman–Crippen LogP) is 1.44. The molecule has 4 nitrogen and oxygen atoms in total. The molecule has 1 aromatic rings. The van der Waals surface area contributed by atoms with Crippen LogP contribution in [-0.2, 0) is 4.79 Å². The van der Waals surface area contributed by atoms with Crippen LogP contribution >= 0.6 is 0 Å². The molecule has 0 spiro atoms. The third-order valence-electron chi connectivity index (χ3n) is 2.14. The van der Waals surface area contributed by atoms with Crippen LogP contribution in [0.25, 0.3) is 0 Å². The van der Waals surface area contributed by atoms with Gasteiger partial charge in [-0.1, -0.05) is 18.2 Å². The van der Waals surface area contributed by atoms with Gasteiger partial charge in [0.25, 0.3) is 0 Å². The molecule has 1 aromatic carbocycles. The lowest BCUT2D eigenvalue weighted by Crippen LogP contribution is -2.30. The van der Waals surface area contributed by atoms with Gasteiger partial charge in [-0.05, 0) is 18.6 Å². The van der Waals surface area contributed by atoms with Crippen LogP contribution in [0, 0.1) is 18.3 Å². The number of carbonyl (C=O) groups is 1. The van der Waals surface area contributed by atoms with Crippen molar-refractivity contribution >= 4 is 11.6 Å². The van der Waals surface area contributed by atoms with Crippen molar-refractivity contribution in [2.24, 2.45) is 0 Å². The second-order valence-electron chi connectivity index (χ2n) is 3.43. The number of nitrogens with one attached hydrogen (secondary N) is 2. The van der Waals surface area contributed by atoms with E-state index >= 15 is 0 Å². The molecule has 0 fully saturated rings. The summed E-state index contributed by atoms with van der Waals surface area (Å²) in [6, 6.07) is 9.75. The van der Waals surface area contributed by atoms with Gasteiger partial charge in [-0.3, -0.25) is 4.79 Å². The van der Waals surface area contributed by atoms with Crippen molar-refractivity contribution in [2.45, 2.75) is 13.3 Å². The summed E-state index contributed by atoms with van der Waals surface area (Å²) in [4.78, 5) is 11.3. The minimum Gasteiger partial charge on any atom is -0.376 e. The van der Waals surface area contributed by atoms with Gasteiger partial charge in [0.1, 0.15) is 0 Å². The lowest BCUT2D eigenvalue weighted by molar-refractivity contribution is -0.119. The molecular formula is C12H15N3O. The van der Waals surface area contributed by atoms with E-state index in [4.69, 9.17) is 5.26 Å². The Morgan fingerprint density at radius 1 is 1.44 bits per heavy atom. The molecule has 1 amide bonds. The van der Waals surface area contributed by atoms with E-state index in [0.29, 0.717) is 13.0 Å². The van der Waals surface area contributed by atoms with Crippen molar-refractivity contribution in [3.63, 3.8) is 0 Å². The number of aryl methyl sites for hydroxylation is 1. The quantitative estimate of drug-likeness (QED) is 0.733. The summed E-state index contributed by atoms with van der Waals surface area (Å²) < 4.78 is 0. The van der Waals surface area contributed by atoms with Crippen LogP contribution in [0.1, 0.15) is 12.0 Å². The highest BCUT2D eigenvalue weighted by molar-refractivity contribution is 5.80.